The van der Waals surface area contributed by atoms with E-state index in [-0.39, 0.29) is 0 Å². The minimum atomic E-state index is 0.634. The average molecular weight is 306 g/mol. The van der Waals surface area contributed by atoms with Crippen LogP contribution in [0.3, 0.4) is 0 Å². The summed E-state index contributed by atoms with van der Waals surface area (Å²) in [6.45, 7) is 0.792. The fourth-order valence-electron chi connectivity index (χ4n) is 2.15. The van der Waals surface area contributed by atoms with Gasteiger partial charge in [-0.15, -0.1) is 0 Å². The monoisotopic (exact) mass is 305 g/mol. The third kappa shape index (κ3) is 2.19. The van der Waals surface area contributed by atoms with Crippen LogP contribution in [-0.2, 0) is 6.54 Å². The summed E-state index contributed by atoms with van der Waals surface area (Å²) in [7, 11) is 0. The summed E-state index contributed by atoms with van der Waals surface area (Å²) in [4.78, 5) is 0. The van der Waals surface area contributed by atoms with Crippen molar-refractivity contribution in [2.75, 3.05) is 0 Å². The van der Waals surface area contributed by atoms with Gasteiger partial charge >= 0.3 is 0 Å². The second kappa shape index (κ2) is 4.80. The molecule has 0 radical (unpaired) electrons. The maximum absolute atomic E-state index is 6.30. The first-order chi connectivity index (χ1) is 9.81. The zero-order valence-electron chi connectivity index (χ0n) is 10.6. The molecule has 0 unspecified atom stereocenters. The Labute approximate surface area is 124 Å². The van der Waals surface area contributed by atoms with E-state index < -0.39 is 0 Å². The molecule has 7 heteroatoms. The van der Waals surface area contributed by atoms with Crippen molar-refractivity contribution in [3.8, 4) is 5.69 Å². The summed E-state index contributed by atoms with van der Waals surface area (Å²) in [5, 5.41) is 8.66. The molecule has 1 fully saturated rings. The van der Waals surface area contributed by atoms with E-state index in [1.165, 1.54) is 24.6 Å². The maximum atomic E-state index is 6.30. The molecule has 2 aromatic heterocycles. The predicted molar refractivity (Wildman–Crippen MR) is 79.4 cm³/mol. The number of halogens is 1. The first kappa shape index (κ1) is 12.3. The van der Waals surface area contributed by atoms with Gasteiger partial charge in [-0.25, -0.2) is 4.68 Å². The van der Waals surface area contributed by atoms with Gasteiger partial charge in [-0.1, -0.05) is 11.6 Å². The van der Waals surface area contributed by atoms with E-state index in [9.17, 15) is 0 Å². The Bertz CT molecular complexity index is 761. The Morgan fingerprint density at radius 1 is 1.30 bits per heavy atom. The molecule has 0 amide bonds. The fourth-order valence-corrected chi connectivity index (χ4v) is 2.92. The summed E-state index contributed by atoms with van der Waals surface area (Å²) in [6.07, 6.45) is 4.47. The lowest BCUT2D eigenvalue weighted by Crippen LogP contribution is -2.15. The molecular weight excluding hydrogens is 294 g/mol. The number of aromatic nitrogens is 4. The van der Waals surface area contributed by atoms with Crippen LogP contribution in [-0.4, -0.2) is 24.6 Å². The number of hydrogen-bond acceptors (Lipinski definition) is 5. The summed E-state index contributed by atoms with van der Waals surface area (Å²) in [5.74, 6) is 0. The zero-order valence-corrected chi connectivity index (χ0v) is 12.2. The van der Waals surface area contributed by atoms with Crippen LogP contribution < -0.4 is 5.32 Å². The van der Waals surface area contributed by atoms with Crippen LogP contribution in [0, 0.1) is 0 Å². The van der Waals surface area contributed by atoms with Gasteiger partial charge in [0, 0.05) is 18.8 Å². The molecule has 5 nitrogen and oxygen atoms in total. The first-order valence-electron chi connectivity index (χ1n) is 6.50. The molecule has 0 atom stereocenters. The van der Waals surface area contributed by atoms with E-state index in [4.69, 9.17) is 11.6 Å². The van der Waals surface area contributed by atoms with Gasteiger partial charge in [-0.05, 0) is 31.0 Å². The molecule has 102 valence electrons. The normalized spacial score (nSPS) is 15.1. The Morgan fingerprint density at radius 2 is 2.20 bits per heavy atom. The largest absolute Gasteiger partial charge is 0.308 e. The molecule has 1 N–H and O–H groups in total. The highest BCUT2D eigenvalue weighted by atomic mass is 35.5. The van der Waals surface area contributed by atoms with E-state index >= 15 is 0 Å². The Hall–Kier alpha value is -1.50. The summed E-state index contributed by atoms with van der Waals surface area (Å²) in [5.41, 5.74) is 3.46. The molecule has 0 bridgehead atoms. The van der Waals surface area contributed by atoms with Crippen molar-refractivity contribution in [3.05, 3.63) is 35.1 Å². The van der Waals surface area contributed by atoms with E-state index in [1.807, 2.05) is 24.4 Å². The molecule has 4 rings (SSSR count). The van der Waals surface area contributed by atoms with Gasteiger partial charge in [-0.3, -0.25) is 0 Å². The number of fused-ring (bicyclic) bond motifs is 1. The van der Waals surface area contributed by atoms with Crippen molar-refractivity contribution in [1.82, 2.24) is 23.8 Å². The molecule has 3 aromatic rings. The number of hydrogen-bond donors (Lipinski definition) is 1. The van der Waals surface area contributed by atoms with Crippen LogP contribution in [0.25, 0.3) is 16.7 Å². The second-order valence-electron chi connectivity index (χ2n) is 4.93. The van der Waals surface area contributed by atoms with Crippen LogP contribution in [0.1, 0.15) is 18.5 Å². The number of rotatable bonds is 4. The van der Waals surface area contributed by atoms with Crippen molar-refractivity contribution >= 4 is 34.4 Å². The Kier molecular flexibility index (Phi) is 2.94. The van der Waals surface area contributed by atoms with Crippen molar-refractivity contribution in [2.24, 2.45) is 0 Å². The molecule has 1 saturated carbocycles. The number of nitrogens with zero attached hydrogens (tertiary/aromatic N) is 4. The molecule has 20 heavy (non-hydrogen) atoms. The quantitative estimate of drug-likeness (QED) is 0.805. The van der Waals surface area contributed by atoms with Gasteiger partial charge in [0.05, 0.1) is 22.4 Å². The van der Waals surface area contributed by atoms with Crippen molar-refractivity contribution in [1.29, 1.82) is 0 Å². The van der Waals surface area contributed by atoms with Gasteiger partial charge in [-0.2, -0.15) is 13.8 Å². The van der Waals surface area contributed by atoms with E-state index in [0.29, 0.717) is 11.1 Å². The summed E-state index contributed by atoms with van der Waals surface area (Å²) < 4.78 is 10.3. The molecule has 0 spiro atoms. The molecule has 1 aromatic carbocycles. The first-order valence-corrected chi connectivity index (χ1v) is 7.61. The van der Waals surface area contributed by atoms with E-state index in [2.05, 4.69) is 19.2 Å². The lowest BCUT2D eigenvalue weighted by atomic mass is 10.2. The average Bonchev–Trinajstić information content (AvgIpc) is 2.97. The lowest BCUT2D eigenvalue weighted by molar-refractivity contribution is 0.665. The third-order valence-corrected chi connectivity index (χ3v) is 4.22. The Morgan fingerprint density at radius 3 is 3.05 bits per heavy atom. The highest BCUT2D eigenvalue weighted by Gasteiger charge is 2.20. The number of nitrogens with one attached hydrogen (secondary N) is 1. The third-order valence-electron chi connectivity index (χ3n) is 3.37. The topological polar surface area (TPSA) is 55.6 Å². The van der Waals surface area contributed by atoms with Crippen LogP contribution in [0.2, 0.25) is 5.02 Å². The minimum Gasteiger partial charge on any atom is -0.308 e. The highest BCUT2D eigenvalue weighted by molar-refractivity contribution is 7.00. The fraction of sp³-hybridized carbons (Fsp3) is 0.308. The minimum absolute atomic E-state index is 0.634. The van der Waals surface area contributed by atoms with Gasteiger partial charge in [0.15, 0.2) is 0 Å². The summed E-state index contributed by atoms with van der Waals surface area (Å²) >= 11 is 7.49. The molecule has 1 aliphatic carbocycles. The van der Waals surface area contributed by atoms with Crippen LogP contribution >= 0.6 is 23.3 Å². The standard InChI is InChI=1S/C13H12ClN5S/c14-10-3-4-11-12(18-20-17-11)13(10)19-6-5-9(16-19)7-15-8-1-2-8/h3-6,8,15H,1-2,7H2. The predicted octanol–water partition coefficient (Wildman–Crippen LogP) is 2.78. The van der Waals surface area contributed by atoms with Gasteiger partial charge in [0.25, 0.3) is 0 Å². The molecule has 0 saturated heterocycles. The van der Waals surface area contributed by atoms with Crippen LogP contribution in [0.15, 0.2) is 24.4 Å². The SMILES string of the molecule is Clc1ccc2nsnc2c1-n1ccc(CNC2CC2)n1. The molecule has 2 heterocycles. The second-order valence-corrected chi connectivity index (χ2v) is 5.87. The van der Waals surface area contributed by atoms with Gasteiger partial charge in [0.2, 0.25) is 0 Å². The Balaban J connectivity index is 1.70. The zero-order chi connectivity index (χ0) is 13.5. The van der Waals surface area contributed by atoms with Crippen LogP contribution in [0.5, 0.6) is 0 Å². The highest BCUT2D eigenvalue weighted by Crippen LogP contribution is 2.28. The maximum Gasteiger partial charge on any atom is 0.131 e. The van der Waals surface area contributed by atoms with E-state index in [1.54, 1.807) is 4.68 Å². The molecular formula is C13H12ClN5S. The van der Waals surface area contributed by atoms with Crippen molar-refractivity contribution in [2.45, 2.75) is 25.4 Å². The van der Waals surface area contributed by atoms with Crippen molar-refractivity contribution in [3.63, 3.8) is 0 Å². The number of benzene rings is 1. The van der Waals surface area contributed by atoms with Gasteiger partial charge in [0.1, 0.15) is 16.7 Å². The van der Waals surface area contributed by atoms with E-state index in [0.717, 1.165) is 29.0 Å². The summed E-state index contributed by atoms with van der Waals surface area (Å²) in [6, 6.07) is 6.40. The van der Waals surface area contributed by atoms with Crippen molar-refractivity contribution < 1.29 is 0 Å². The molecule has 1 aliphatic rings. The lowest BCUT2D eigenvalue weighted by Gasteiger charge is -2.04. The smallest absolute Gasteiger partial charge is 0.131 e. The molecule has 0 aliphatic heterocycles. The van der Waals surface area contributed by atoms with Crippen LogP contribution in [0.4, 0.5) is 0 Å². The van der Waals surface area contributed by atoms with Gasteiger partial charge < -0.3 is 5.32 Å².